The van der Waals surface area contributed by atoms with Crippen molar-refractivity contribution in [3.8, 4) is 0 Å². The van der Waals surface area contributed by atoms with E-state index in [0.717, 1.165) is 11.2 Å². The molecule has 0 radical (unpaired) electrons. The molecule has 0 aliphatic carbocycles. The van der Waals surface area contributed by atoms with Gasteiger partial charge in [-0.3, -0.25) is 0 Å². The van der Waals surface area contributed by atoms with E-state index in [4.69, 9.17) is 23.7 Å². The van der Waals surface area contributed by atoms with Gasteiger partial charge < -0.3 is 59.2 Å². The van der Waals surface area contributed by atoms with Gasteiger partial charge in [-0.1, -0.05) is 18.2 Å². The Morgan fingerprint density at radius 3 is 2.55 bits per heavy atom. The number of aliphatic hydroxyl groups is 5. The van der Waals surface area contributed by atoms with Crippen LogP contribution in [0.1, 0.15) is 13.8 Å². The number of aliphatic carboxylic acids is 1. The molecule has 0 bridgehead atoms. The summed E-state index contributed by atoms with van der Waals surface area (Å²) >= 11 is 0. The summed E-state index contributed by atoms with van der Waals surface area (Å²) in [7, 11) is 1.20. The van der Waals surface area contributed by atoms with Gasteiger partial charge in [0.2, 0.25) is 12.1 Å². The number of hydrogen-bond donors (Lipinski definition) is 7. The van der Waals surface area contributed by atoms with Crippen LogP contribution >= 0.6 is 0 Å². The van der Waals surface area contributed by atoms with Crippen molar-refractivity contribution in [1.82, 2.24) is 0 Å². The summed E-state index contributed by atoms with van der Waals surface area (Å²) in [6.45, 7) is 6.85. The highest BCUT2D eigenvalue weighted by Crippen LogP contribution is 2.38. The number of carbonyl (C=O) groups is 2. The van der Waals surface area contributed by atoms with Crippen molar-refractivity contribution in [3.05, 3.63) is 60.1 Å². The van der Waals surface area contributed by atoms with Crippen molar-refractivity contribution in [3.63, 3.8) is 0 Å². The second-order valence-electron chi connectivity index (χ2n) is 10.4. The molecule has 1 fully saturated rings. The Hall–Kier alpha value is -2.92. The van der Waals surface area contributed by atoms with E-state index >= 15 is 0 Å². The average Bonchev–Trinajstić information content (AvgIpc) is 2.95. The minimum atomic E-state index is -2.86. The molecule has 8 atom stereocenters. The summed E-state index contributed by atoms with van der Waals surface area (Å²) in [4.78, 5) is 25.0. The van der Waals surface area contributed by atoms with E-state index in [9.17, 15) is 40.2 Å². The monoisotopic (exact) mass is 598 g/mol. The Bertz CT molecular complexity index is 1110. The highest BCUT2D eigenvalue weighted by atomic mass is 16.8. The van der Waals surface area contributed by atoms with Gasteiger partial charge >= 0.3 is 11.9 Å². The number of methoxy groups -OCH3 is 1. The molecule has 14 nitrogen and oxygen atoms in total. The SMILES string of the molecule is C=C[C@H]1[C@H](O[C@@H]2O[C@H](CO)[C@@H](O)C(O)(O)[C@H]2OC(C)C)OC=C(C(=O)OC)[C@H]1/C=C/C1=CC(C(=O)O)=C[NH+](CCO)C1. The quantitative estimate of drug-likeness (QED) is 0.0720. The summed E-state index contributed by atoms with van der Waals surface area (Å²) in [5, 5.41) is 60.3. The minimum absolute atomic E-state index is 0.0456. The number of esters is 1. The second kappa shape index (κ2) is 14.5. The molecule has 7 N–H and O–H groups in total. The first-order valence-electron chi connectivity index (χ1n) is 13.4. The van der Waals surface area contributed by atoms with Crippen LogP contribution in [-0.2, 0) is 33.3 Å². The lowest BCUT2D eigenvalue weighted by atomic mass is 9.83. The number of carbonyl (C=O) groups excluding carboxylic acids is 1. The summed E-state index contributed by atoms with van der Waals surface area (Å²) < 4.78 is 27.9. The van der Waals surface area contributed by atoms with Crippen molar-refractivity contribution >= 4 is 11.9 Å². The molecule has 0 spiro atoms. The lowest BCUT2D eigenvalue weighted by Gasteiger charge is -2.48. The van der Waals surface area contributed by atoms with Crippen molar-refractivity contribution in [2.75, 3.05) is 33.4 Å². The van der Waals surface area contributed by atoms with E-state index in [0.29, 0.717) is 18.7 Å². The highest BCUT2D eigenvalue weighted by molar-refractivity contribution is 5.90. The number of quaternary nitrogens is 1. The van der Waals surface area contributed by atoms with Crippen LogP contribution in [0.25, 0.3) is 0 Å². The minimum Gasteiger partial charge on any atom is -0.477 e. The molecule has 42 heavy (non-hydrogen) atoms. The Morgan fingerprint density at radius 1 is 1.26 bits per heavy atom. The third kappa shape index (κ3) is 7.53. The molecule has 1 unspecified atom stereocenters. The van der Waals surface area contributed by atoms with Crippen LogP contribution in [0.3, 0.4) is 0 Å². The molecular weight excluding hydrogens is 558 g/mol. The molecule has 0 aromatic rings. The lowest BCUT2D eigenvalue weighted by Crippen LogP contribution is -3.08. The van der Waals surface area contributed by atoms with Crippen LogP contribution in [0.4, 0.5) is 0 Å². The van der Waals surface area contributed by atoms with Crippen molar-refractivity contribution in [1.29, 1.82) is 0 Å². The van der Waals surface area contributed by atoms with Gasteiger partial charge in [-0.05, 0) is 19.9 Å². The molecule has 3 aliphatic heterocycles. The van der Waals surface area contributed by atoms with Crippen LogP contribution in [-0.4, -0.2) is 119 Å². The normalized spacial score (nSPS) is 32.9. The number of allylic oxidation sites excluding steroid dienone is 1. The van der Waals surface area contributed by atoms with Gasteiger partial charge in [0.05, 0.1) is 44.2 Å². The lowest BCUT2D eigenvalue weighted by molar-refractivity contribution is -0.842. The third-order valence-electron chi connectivity index (χ3n) is 7.07. The van der Waals surface area contributed by atoms with Gasteiger partial charge in [-0.25, -0.2) is 9.59 Å². The second-order valence-corrected chi connectivity index (χ2v) is 10.4. The van der Waals surface area contributed by atoms with E-state index in [-0.39, 0.29) is 17.8 Å². The van der Waals surface area contributed by atoms with Crippen molar-refractivity contribution < 1.29 is 68.8 Å². The van der Waals surface area contributed by atoms with Crippen LogP contribution in [0, 0.1) is 11.8 Å². The largest absolute Gasteiger partial charge is 0.477 e. The number of carboxylic acids is 1. The first-order valence-corrected chi connectivity index (χ1v) is 13.4. The summed E-state index contributed by atoms with van der Waals surface area (Å²) in [5.74, 6) is -6.26. The smallest absolute Gasteiger partial charge is 0.341 e. The molecule has 1 saturated heterocycles. The summed E-state index contributed by atoms with van der Waals surface area (Å²) in [5.41, 5.74) is 0.759. The van der Waals surface area contributed by atoms with Crippen molar-refractivity contribution in [2.45, 2.75) is 56.6 Å². The molecule has 0 aromatic carbocycles. The van der Waals surface area contributed by atoms with E-state index in [2.05, 4.69) is 6.58 Å². The zero-order valence-corrected chi connectivity index (χ0v) is 23.7. The molecule has 0 aromatic heterocycles. The summed E-state index contributed by atoms with van der Waals surface area (Å²) in [6, 6.07) is 0. The molecule has 0 amide bonds. The topological polar surface area (TPSA) is 206 Å². The zero-order chi connectivity index (χ0) is 31.2. The van der Waals surface area contributed by atoms with Gasteiger partial charge in [0.15, 0.2) is 12.4 Å². The van der Waals surface area contributed by atoms with Crippen LogP contribution in [0.2, 0.25) is 0 Å². The molecule has 3 aliphatic rings. The number of nitrogens with one attached hydrogen (secondary N) is 1. The molecule has 0 saturated carbocycles. The Kier molecular flexibility index (Phi) is 11.6. The Balaban J connectivity index is 1.95. The molecule has 3 heterocycles. The van der Waals surface area contributed by atoms with Crippen molar-refractivity contribution in [2.24, 2.45) is 11.8 Å². The van der Waals surface area contributed by atoms with Gasteiger partial charge in [0, 0.05) is 11.5 Å². The predicted molar refractivity (Wildman–Crippen MR) is 143 cm³/mol. The van der Waals surface area contributed by atoms with Gasteiger partial charge in [-0.2, -0.15) is 0 Å². The maximum atomic E-state index is 12.7. The van der Waals surface area contributed by atoms with E-state index in [1.54, 1.807) is 26.0 Å². The molecule has 234 valence electrons. The number of ether oxygens (including phenoxy) is 5. The Labute approximate surface area is 243 Å². The molecule has 14 heteroatoms. The van der Waals surface area contributed by atoms with Gasteiger partial charge in [0.25, 0.3) is 0 Å². The van der Waals surface area contributed by atoms with E-state index in [1.165, 1.54) is 25.5 Å². The predicted octanol–water partition coefficient (Wildman–Crippen LogP) is -2.27. The highest BCUT2D eigenvalue weighted by Gasteiger charge is 2.57. The first-order chi connectivity index (χ1) is 19.9. The van der Waals surface area contributed by atoms with Gasteiger partial charge in [-0.15, -0.1) is 6.58 Å². The third-order valence-corrected chi connectivity index (χ3v) is 7.07. The number of hydrogen-bond acceptors (Lipinski definition) is 12. The maximum absolute atomic E-state index is 12.7. The Morgan fingerprint density at radius 2 is 1.98 bits per heavy atom. The van der Waals surface area contributed by atoms with E-state index < -0.39 is 73.2 Å². The fourth-order valence-electron chi connectivity index (χ4n) is 4.98. The standard InChI is InChI=1S/C28H39NO13/c1-5-18-19(7-6-16-10-17(24(33)34)12-29(11-16)8-9-30)20(25(35)38-4)14-39-26(18)42-27-23(40-15(2)3)28(36,37)22(32)21(13-31)41-27/h5-7,10,12,14-15,18-19,21-23,26-27,30-32,36-37H,1,8-9,11,13H2,2-4H3,(H,33,34)/p+1/b7-6+/t18-,19+,21-,22-,23+,26+,27+/m1/s1. The fourth-order valence-corrected chi connectivity index (χ4v) is 4.98. The van der Waals surface area contributed by atoms with Crippen LogP contribution in [0.15, 0.2) is 60.1 Å². The van der Waals surface area contributed by atoms with Gasteiger partial charge in [0.1, 0.15) is 37.1 Å². The fraction of sp³-hybridized carbons (Fsp3) is 0.571. The maximum Gasteiger partial charge on any atom is 0.341 e. The number of aliphatic hydroxyl groups excluding tert-OH is 3. The number of rotatable bonds is 12. The molecular formula is C28H40NO13+. The first kappa shape index (κ1) is 33.6. The van der Waals surface area contributed by atoms with Crippen LogP contribution in [0.5, 0.6) is 0 Å². The van der Waals surface area contributed by atoms with E-state index in [1.807, 2.05) is 0 Å². The molecule has 3 rings (SSSR count). The average molecular weight is 599 g/mol. The zero-order valence-electron chi connectivity index (χ0n) is 23.7. The van der Waals surface area contributed by atoms with Crippen LogP contribution < -0.4 is 4.90 Å². The summed E-state index contributed by atoms with van der Waals surface area (Å²) in [6.07, 6.45) is 0.591. The number of carboxylic acid groups (broad SMARTS) is 1.